The van der Waals surface area contributed by atoms with E-state index in [9.17, 15) is 0 Å². The summed E-state index contributed by atoms with van der Waals surface area (Å²) >= 11 is 14.3. The summed E-state index contributed by atoms with van der Waals surface area (Å²) in [4.78, 5) is 25.5. The third-order valence-corrected chi connectivity index (χ3v) is 86.2. The molecule has 2 saturated heterocycles. The van der Waals surface area contributed by atoms with Gasteiger partial charge in [0.15, 0.2) is 0 Å². The van der Waals surface area contributed by atoms with Crippen molar-refractivity contribution < 1.29 is 39.0 Å². The van der Waals surface area contributed by atoms with Gasteiger partial charge in [-0.3, -0.25) is 0 Å². The smallest absolute Gasteiger partial charge is 0 e. The first-order valence-corrected chi connectivity index (χ1v) is 77.8. The maximum absolute atomic E-state index is 5.96. The molecule has 4 aliphatic heterocycles. The second-order valence-electron chi connectivity index (χ2n) is 36.3. The summed E-state index contributed by atoms with van der Waals surface area (Å²) in [5, 5.41) is 25.2. The molecule has 0 amide bonds. The van der Waals surface area contributed by atoms with Crippen LogP contribution < -0.4 is 63.7 Å². The molecule has 8 heterocycles. The summed E-state index contributed by atoms with van der Waals surface area (Å²) in [6.45, 7) is 20.5. The van der Waals surface area contributed by atoms with Crippen molar-refractivity contribution in [3.63, 3.8) is 0 Å². The maximum Gasteiger partial charge on any atom is 0 e. The summed E-state index contributed by atoms with van der Waals surface area (Å²) in [6, 6.07) is 138. The van der Waals surface area contributed by atoms with Gasteiger partial charge in [0.2, 0.25) is 0 Å². The molecule has 8 nitrogen and oxygen atoms in total. The summed E-state index contributed by atoms with van der Waals surface area (Å²) < 4.78 is 36.0. The SMILES string of the molecule is Brc1cc2c(s1)-c1sc(Br)cc1SN=N2.C.CC1(C)OB(B2OC(C)(C)C(C)(C)O2)OC1(C)C.CCc1cc2c(s1)-c1sc(C)cc1SN=N2.[CH3][Sn]([CH3])([CH3])[CH2][Sn]([CH3])([CH3])[CH3].[Pd].c1ccc(P(c2ccccc2)c2ccccc2)cc1.c1ccc(P(c2ccccc2)c2ccccc2)cc1.c1ccc(P(c2ccccc2)c2ccccc2)cc1.c1ccc(P(c2ccccc2)c2ccccc2)cc1. The van der Waals surface area contributed by atoms with Crippen molar-refractivity contribution in [2.45, 2.75) is 147 Å². The number of rotatable bonds is 16. The van der Waals surface area contributed by atoms with Crippen molar-refractivity contribution in [1.29, 1.82) is 0 Å². The largest absolute Gasteiger partial charge is 0.0622 e. The van der Waals surface area contributed by atoms with E-state index in [0.29, 0.717) is 0 Å². The molecule has 136 heavy (non-hydrogen) atoms. The number of thiophene rings is 4. The van der Waals surface area contributed by atoms with E-state index < -0.39 is 82.5 Å². The number of nitrogens with zero attached hydrogens (tertiary/aromatic N) is 4. The molecule has 0 spiro atoms. The Morgan fingerprint density at radius 3 is 0.728 bits per heavy atom. The zero-order chi connectivity index (χ0) is 94.9. The number of aryl methyl sites for hydroxylation is 2. The number of benzene rings is 12. The Bertz CT molecular complexity index is 5410. The topological polar surface area (TPSA) is 86.4 Å². The van der Waals surface area contributed by atoms with Gasteiger partial charge in [-0.1, -0.05) is 378 Å². The van der Waals surface area contributed by atoms with E-state index in [1.165, 1.54) is 127 Å². The van der Waals surface area contributed by atoms with Crippen LogP contribution in [-0.4, -0.2) is 73.2 Å². The van der Waals surface area contributed by atoms with Gasteiger partial charge in [-0.05, 0) is 220 Å². The third-order valence-electron chi connectivity index (χ3n) is 22.3. The summed E-state index contributed by atoms with van der Waals surface area (Å²) in [5.41, 5.74) is 0.549. The normalized spacial score (nSPS) is 14.1. The van der Waals surface area contributed by atoms with Crippen molar-refractivity contribution in [1.82, 2.24) is 0 Å². The Hall–Kier alpha value is -5.75. The molecule has 0 bridgehead atoms. The molecular formula is C111H120B2Br2N4O4P4PdS6Sn2. The van der Waals surface area contributed by atoms with Gasteiger partial charge in [-0.2, -0.15) is 0 Å². The van der Waals surface area contributed by atoms with Gasteiger partial charge in [0.1, 0.15) is 11.4 Å². The fraction of sp³-hybridized carbons (Fsp3) is 0.207. The van der Waals surface area contributed by atoms with Crippen LogP contribution in [0, 0.1) is 6.92 Å². The summed E-state index contributed by atoms with van der Waals surface area (Å²) in [5.74, 6) is 0. The van der Waals surface area contributed by atoms with E-state index in [4.69, 9.17) is 18.6 Å². The predicted octanol–water partition coefficient (Wildman–Crippen LogP) is 31.4. The van der Waals surface area contributed by atoms with E-state index in [1.807, 2.05) is 84.1 Å². The molecule has 16 aromatic rings. The van der Waals surface area contributed by atoms with E-state index in [1.54, 1.807) is 25.1 Å². The van der Waals surface area contributed by atoms with Crippen LogP contribution in [0.15, 0.2) is 425 Å². The second kappa shape index (κ2) is 53.0. The molecule has 4 aliphatic rings. The molecule has 0 N–H and O–H groups in total. The molecule has 12 aromatic carbocycles. The first-order chi connectivity index (χ1) is 64.4. The Morgan fingerprint density at radius 2 is 0.500 bits per heavy atom. The minimum Gasteiger partial charge on any atom is -0.0622 e. The first kappa shape index (κ1) is 111. The number of halogens is 2. The van der Waals surface area contributed by atoms with Crippen molar-refractivity contribution in [2.75, 3.05) is 0 Å². The van der Waals surface area contributed by atoms with Gasteiger partial charge >= 0.3 is 82.9 Å². The van der Waals surface area contributed by atoms with Crippen molar-refractivity contribution >= 4 is 259 Å². The molecule has 702 valence electrons. The molecule has 0 atom stereocenters. The quantitative estimate of drug-likeness (QED) is 0.0544. The van der Waals surface area contributed by atoms with Crippen LogP contribution in [0.1, 0.15) is 79.5 Å². The number of hydrogen-bond acceptors (Lipinski definition) is 14. The molecule has 20 rings (SSSR count). The molecular weight excluding hydrogens is 2290 g/mol. The Balaban J connectivity index is 0.000000150. The van der Waals surface area contributed by atoms with Crippen LogP contribution in [0.2, 0.25) is 32.1 Å². The Morgan fingerprint density at radius 1 is 0.294 bits per heavy atom. The minimum atomic E-state index is -1.35. The van der Waals surface area contributed by atoms with Crippen LogP contribution >= 0.6 is 133 Å². The fourth-order valence-corrected chi connectivity index (χ4v) is 102. The van der Waals surface area contributed by atoms with Gasteiger partial charge in [0.05, 0.1) is 59.3 Å². The van der Waals surface area contributed by atoms with E-state index in [0.717, 1.165) is 25.4 Å². The second-order valence-corrected chi connectivity index (χ2v) is 91.0. The number of hydrogen-bond donors (Lipinski definition) is 0. The monoisotopic (exact) mass is 2410 g/mol. The van der Waals surface area contributed by atoms with Crippen LogP contribution in [0.4, 0.5) is 11.4 Å². The molecule has 0 saturated carbocycles. The standard InChI is InChI=1S/4C18H15P.C12H24B2O4.C11H10N2S3.C8H2Br2N2S3.CH4.6CH3.CH2.Pd.2Sn/c4*1-4-10-16(11-5-1)19(17-12-6-2-7-13-17)18-14-8-3-9-15-18;1-9(2)10(3,4)16-13(15-9)14-17-11(5,6)12(7,8)18-14;1-3-7-5-8-10(15-7)11-9(16-13-12-8)4-6(2)14-11;9-5-1-3-7(13-5)8-4(15-12-11-3)2-6(10)14-8;;;;;;;;;;;/h4*1-15H;1-8H3;4-5H,3H2,1-2H3;1-2H;1H4;6*1H3;1H2;;;. The molecule has 2 fully saturated rings. The van der Waals surface area contributed by atoms with Crippen molar-refractivity contribution in [3.05, 3.63) is 406 Å². The summed E-state index contributed by atoms with van der Waals surface area (Å²) in [7, 11) is -2.74. The molecule has 0 unspecified atom stereocenters. The predicted molar refractivity (Wildman–Crippen MR) is 617 cm³/mol. The minimum absolute atomic E-state index is 0. The zero-order valence-electron chi connectivity index (χ0n) is 79.3. The molecule has 0 radical (unpaired) electrons. The van der Waals surface area contributed by atoms with E-state index in [-0.39, 0.29) is 50.3 Å². The van der Waals surface area contributed by atoms with Gasteiger partial charge in [0.25, 0.3) is 0 Å². The van der Waals surface area contributed by atoms with Gasteiger partial charge < -0.3 is 18.6 Å². The van der Waals surface area contributed by atoms with Gasteiger partial charge in [0, 0.05) is 54.1 Å². The van der Waals surface area contributed by atoms with Gasteiger partial charge in [-0.25, -0.2) is 0 Å². The molecule has 4 aromatic heterocycles. The molecule has 25 heteroatoms. The molecule has 0 aliphatic carbocycles. The Labute approximate surface area is 879 Å². The number of fused-ring (bicyclic) bond motifs is 6. The average Bonchev–Trinajstić information content (AvgIpc) is 1.59. The van der Waals surface area contributed by atoms with Crippen LogP contribution in [-0.2, 0) is 45.5 Å². The Kier molecular flexibility index (Phi) is 43.1. The zero-order valence-corrected chi connectivity index (χ0v) is 98.2. The third kappa shape index (κ3) is 31.6. The van der Waals surface area contributed by atoms with Crippen molar-refractivity contribution in [2.24, 2.45) is 19.3 Å². The van der Waals surface area contributed by atoms with Crippen LogP contribution in [0.5, 0.6) is 0 Å². The van der Waals surface area contributed by atoms with Crippen LogP contribution in [0.25, 0.3) is 19.5 Å². The fourth-order valence-electron chi connectivity index (χ4n) is 15.2. The first-order valence-electron chi connectivity index (χ1n) is 44.9. The van der Waals surface area contributed by atoms with Crippen LogP contribution in [0.3, 0.4) is 0 Å². The average molecular weight is 2420 g/mol. The maximum atomic E-state index is 5.96. The van der Waals surface area contributed by atoms with Crippen molar-refractivity contribution in [3.8, 4) is 19.5 Å². The van der Waals surface area contributed by atoms with E-state index >= 15 is 0 Å². The summed E-state index contributed by atoms with van der Waals surface area (Å²) in [6.07, 6.45) is 1.07. The van der Waals surface area contributed by atoms with E-state index in [2.05, 4.69) is 477 Å². The van der Waals surface area contributed by atoms with Gasteiger partial charge in [-0.15, -0.1) is 64.6 Å².